The van der Waals surface area contributed by atoms with Crippen molar-refractivity contribution < 1.29 is 26.7 Å². The molecular weight excluding hydrogens is 282 g/mol. The Kier molecular flexibility index (Phi) is 4.73. The van der Waals surface area contributed by atoms with Crippen molar-refractivity contribution in [2.75, 3.05) is 24.6 Å². The number of sulfonamides is 1. The van der Waals surface area contributed by atoms with Gasteiger partial charge in [0.05, 0.1) is 16.8 Å². The number of carboxylic acids is 1. The fourth-order valence-electron chi connectivity index (χ4n) is 1.91. The van der Waals surface area contributed by atoms with E-state index in [1.807, 2.05) is 0 Å². The maximum atomic E-state index is 12.1. The number of aliphatic carboxylic acids is 1. The van der Waals surface area contributed by atoms with Crippen LogP contribution in [0, 0.1) is 0 Å². The molecule has 1 rings (SSSR count). The first kappa shape index (κ1) is 15.4. The van der Waals surface area contributed by atoms with Gasteiger partial charge in [0.25, 0.3) is 0 Å². The highest BCUT2D eigenvalue weighted by atomic mass is 32.2. The van der Waals surface area contributed by atoms with Crippen LogP contribution in [0.5, 0.6) is 0 Å². The van der Waals surface area contributed by atoms with E-state index in [0.29, 0.717) is 0 Å². The molecule has 106 valence electrons. The lowest BCUT2D eigenvalue weighted by Gasteiger charge is -2.27. The zero-order valence-electron chi connectivity index (χ0n) is 10.1. The molecule has 1 aliphatic rings. The summed E-state index contributed by atoms with van der Waals surface area (Å²) in [4.78, 5) is 10.6. The third-order valence-electron chi connectivity index (χ3n) is 2.95. The molecule has 0 unspecified atom stereocenters. The summed E-state index contributed by atoms with van der Waals surface area (Å²) in [6.45, 7) is 1.04. The molecule has 1 heterocycles. The standard InChI is InChI=1S/C9H17NO6S2/c1-2-10(7-9(11)12)18(15,16)8-3-5-17(13,14)6-4-8/h8H,2-7H2,1H3,(H,11,12). The minimum atomic E-state index is -3.73. The van der Waals surface area contributed by atoms with Gasteiger partial charge in [0, 0.05) is 6.54 Å². The van der Waals surface area contributed by atoms with Crippen molar-refractivity contribution in [3.05, 3.63) is 0 Å². The summed E-state index contributed by atoms with van der Waals surface area (Å²) in [5.41, 5.74) is 0. The highest BCUT2D eigenvalue weighted by Crippen LogP contribution is 2.22. The third kappa shape index (κ3) is 3.66. The maximum Gasteiger partial charge on any atom is 0.318 e. The summed E-state index contributed by atoms with van der Waals surface area (Å²) in [5.74, 6) is -1.52. The molecule has 9 heteroatoms. The molecule has 0 bridgehead atoms. The molecule has 0 amide bonds. The maximum absolute atomic E-state index is 12.1. The van der Waals surface area contributed by atoms with E-state index >= 15 is 0 Å². The van der Waals surface area contributed by atoms with Crippen LogP contribution in [0.2, 0.25) is 0 Å². The van der Waals surface area contributed by atoms with E-state index in [9.17, 15) is 21.6 Å². The van der Waals surface area contributed by atoms with Crippen molar-refractivity contribution in [1.82, 2.24) is 4.31 Å². The molecule has 0 aromatic carbocycles. The van der Waals surface area contributed by atoms with Gasteiger partial charge in [-0.15, -0.1) is 0 Å². The predicted molar refractivity (Wildman–Crippen MR) is 65.5 cm³/mol. The highest BCUT2D eigenvalue weighted by Gasteiger charge is 2.36. The van der Waals surface area contributed by atoms with E-state index in [2.05, 4.69) is 0 Å². The van der Waals surface area contributed by atoms with Crippen molar-refractivity contribution >= 4 is 25.8 Å². The second kappa shape index (κ2) is 5.54. The Balaban J connectivity index is 2.83. The molecule has 1 fully saturated rings. The fraction of sp³-hybridized carbons (Fsp3) is 0.889. The number of hydrogen-bond acceptors (Lipinski definition) is 5. The number of carbonyl (C=O) groups is 1. The summed E-state index contributed by atoms with van der Waals surface area (Å²) < 4.78 is 47.6. The zero-order chi connectivity index (χ0) is 14.0. The van der Waals surface area contributed by atoms with Crippen LogP contribution in [-0.4, -0.2) is 62.1 Å². The van der Waals surface area contributed by atoms with E-state index in [1.165, 1.54) is 0 Å². The monoisotopic (exact) mass is 299 g/mol. The molecule has 0 atom stereocenters. The van der Waals surface area contributed by atoms with Crippen LogP contribution in [0.1, 0.15) is 19.8 Å². The van der Waals surface area contributed by atoms with Gasteiger partial charge in [0.15, 0.2) is 0 Å². The Bertz CT molecular complexity index is 495. The van der Waals surface area contributed by atoms with Crippen molar-refractivity contribution in [1.29, 1.82) is 0 Å². The average Bonchev–Trinajstić information content (AvgIpc) is 2.24. The Morgan fingerprint density at radius 2 is 1.83 bits per heavy atom. The molecule has 7 nitrogen and oxygen atoms in total. The van der Waals surface area contributed by atoms with Crippen molar-refractivity contribution in [3.8, 4) is 0 Å². The largest absolute Gasteiger partial charge is 0.480 e. The van der Waals surface area contributed by atoms with Crippen molar-refractivity contribution in [2.45, 2.75) is 25.0 Å². The molecule has 0 saturated carbocycles. The lowest BCUT2D eigenvalue weighted by molar-refractivity contribution is -0.137. The Morgan fingerprint density at radius 3 is 2.22 bits per heavy atom. The molecule has 1 saturated heterocycles. The van der Waals surface area contributed by atoms with E-state index in [0.717, 1.165) is 4.31 Å². The molecule has 0 aromatic rings. The van der Waals surface area contributed by atoms with Gasteiger partial charge in [0.1, 0.15) is 16.4 Å². The van der Waals surface area contributed by atoms with Gasteiger partial charge in [-0.3, -0.25) is 4.79 Å². The normalized spacial score (nSPS) is 21.0. The van der Waals surface area contributed by atoms with Crippen molar-refractivity contribution in [2.24, 2.45) is 0 Å². The lowest BCUT2D eigenvalue weighted by Crippen LogP contribution is -2.44. The smallest absolute Gasteiger partial charge is 0.318 e. The summed E-state index contributed by atoms with van der Waals surface area (Å²) >= 11 is 0. The van der Waals surface area contributed by atoms with Crippen molar-refractivity contribution in [3.63, 3.8) is 0 Å². The van der Waals surface area contributed by atoms with Crippen LogP contribution in [0.4, 0.5) is 0 Å². The van der Waals surface area contributed by atoms with E-state index < -0.39 is 37.6 Å². The number of carboxylic acid groups (broad SMARTS) is 1. The van der Waals surface area contributed by atoms with Crippen LogP contribution in [-0.2, 0) is 24.7 Å². The third-order valence-corrected chi connectivity index (χ3v) is 7.08. The molecule has 1 N–H and O–H groups in total. The van der Waals surface area contributed by atoms with Gasteiger partial charge < -0.3 is 5.11 Å². The van der Waals surface area contributed by atoms with Gasteiger partial charge in [-0.05, 0) is 12.8 Å². The second-order valence-electron chi connectivity index (χ2n) is 4.22. The van der Waals surface area contributed by atoms with E-state index in [-0.39, 0.29) is 30.9 Å². The first-order valence-electron chi connectivity index (χ1n) is 5.60. The van der Waals surface area contributed by atoms with Crippen LogP contribution < -0.4 is 0 Å². The van der Waals surface area contributed by atoms with Crippen LogP contribution >= 0.6 is 0 Å². The Morgan fingerprint density at radius 1 is 1.33 bits per heavy atom. The molecular formula is C9H17NO6S2. The summed E-state index contributed by atoms with van der Waals surface area (Å²) in [6, 6.07) is 0. The molecule has 18 heavy (non-hydrogen) atoms. The van der Waals surface area contributed by atoms with E-state index in [4.69, 9.17) is 5.11 Å². The quantitative estimate of drug-likeness (QED) is 0.719. The lowest BCUT2D eigenvalue weighted by atomic mass is 10.2. The van der Waals surface area contributed by atoms with Crippen LogP contribution in [0.15, 0.2) is 0 Å². The van der Waals surface area contributed by atoms with Gasteiger partial charge in [0.2, 0.25) is 10.0 Å². The van der Waals surface area contributed by atoms with Crippen LogP contribution in [0.3, 0.4) is 0 Å². The number of rotatable bonds is 5. The average molecular weight is 299 g/mol. The summed E-state index contributed by atoms with van der Waals surface area (Å²) in [7, 11) is -6.86. The fourth-order valence-corrected chi connectivity index (χ4v) is 5.60. The van der Waals surface area contributed by atoms with Gasteiger partial charge in [-0.1, -0.05) is 6.92 Å². The number of likely N-dealkylation sites (N-methyl/N-ethyl adjacent to an activating group) is 1. The topological polar surface area (TPSA) is 109 Å². The molecule has 1 aliphatic heterocycles. The number of sulfone groups is 1. The molecule has 0 spiro atoms. The first-order chi connectivity index (χ1) is 8.19. The van der Waals surface area contributed by atoms with Gasteiger partial charge >= 0.3 is 5.97 Å². The summed E-state index contributed by atoms with van der Waals surface area (Å²) in [5, 5.41) is 7.87. The molecule has 0 aromatic heterocycles. The molecule has 0 radical (unpaired) electrons. The van der Waals surface area contributed by atoms with E-state index in [1.54, 1.807) is 6.92 Å². The minimum Gasteiger partial charge on any atom is -0.480 e. The zero-order valence-corrected chi connectivity index (χ0v) is 11.7. The summed E-state index contributed by atoms with van der Waals surface area (Å²) in [6.07, 6.45) is 0.0849. The molecule has 0 aliphatic carbocycles. The number of hydrogen-bond donors (Lipinski definition) is 1. The van der Waals surface area contributed by atoms with Gasteiger partial charge in [-0.25, -0.2) is 16.8 Å². The first-order valence-corrected chi connectivity index (χ1v) is 8.92. The Labute approximate surface area is 107 Å². The predicted octanol–water partition coefficient (Wildman–Crippen LogP) is -0.700. The second-order valence-corrected chi connectivity index (χ2v) is 8.73. The highest BCUT2D eigenvalue weighted by molar-refractivity contribution is 7.92. The Hall–Kier alpha value is -0.670. The van der Waals surface area contributed by atoms with Gasteiger partial charge in [-0.2, -0.15) is 4.31 Å². The minimum absolute atomic E-state index is 0.0424. The SMILES string of the molecule is CCN(CC(=O)O)S(=O)(=O)C1CCS(=O)(=O)CC1. The number of nitrogens with zero attached hydrogens (tertiary/aromatic N) is 1. The van der Waals surface area contributed by atoms with Crippen LogP contribution in [0.25, 0.3) is 0 Å².